The molecule has 4 aromatic heterocycles. The highest BCUT2D eigenvalue weighted by molar-refractivity contribution is 7.91. The van der Waals surface area contributed by atoms with Crippen LogP contribution >= 0.6 is 22.9 Å². The fourth-order valence-corrected chi connectivity index (χ4v) is 6.09. The summed E-state index contributed by atoms with van der Waals surface area (Å²) in [5, 5.41) is 6.66. The van der Waals surface area contributed by atoms with E-state index in [4.69, 9.17) is 11.6 Å². The molecular formula is C21H16ClFN6O2S2. The number of aryl methyl sites for hydroxylation is 1. The van der Waals surface area contributed by atoms with Crippen molar-refractivity contribution in [2.45, 2.75) is 17.7 Å². The highest BCUT2D eigenvalue weighted by Crippen LogP contribution is 2.31. The zero-order valence-corrected chi connectivity index (χ0v) is 19.4. The van der Waals surface area contributed by atoms with Crippen LogP contribution in [0.3, 0.4) is 0 Å². The third-order valence-electron chi connectivity index (χ3n) is 5.08. The van der Waals surface area contributed by atoms with Crippen LogP contribution in [-0.2, 0) is 16.6 Å². The first-order valence-electron chi connectivity index (χ1n) is 9.70. The van der Waals surface area contributed by atoms with Crippen molar-refractivity contribution in [3.05, 3.63) is 70.2 Å². The minimum atomic E-state index is -3.80. The molecule has 5 aromatic rings. The summed E-state index contributed by atoms with van der Waals surface area (Å²) < 4.78 is 42.9. The lowest BCUT2D eigenvalue weighted by molar-refractivity contribution is 0.576. The Hall–Kier alpha value is -3.12. The fourth-order valence-electron chi connectivity index (χ4n) is 3.33. The molecule has 0 aliphatic heterocycles. The van der Waals surface area contributed by atoms with Gasteiger partial charge in [0.05, 0.1) is 21.6 Å². The first-order chi connectivity index (χ1) is 15.8. The molecule has 0 unspecified atom stereocenters. The molecule has 0 saturated carbocycles. The molecule has 0 bridgehead atoms. The molecule has 168 valence electrons. The first-order valence-corrected chi connectivity index (χ1v) is 12.4. The van der Waals surface area contributed by atoms with Gasteiger partial charge in [-0.05, 0) is 36.2 Å². The van der Waals surface area contributed by atoms with Crippen LogP contribution in [0.4, 0.5) is 4.39 Å². The van der Waals surface area contributed by atoms with Gasteiger partial charge >= 0.3 is 0 Å². The molecule has 3 N–H and O–H groups in total. The van der Waals surface area contributed by atoms with Crippen LogP contribution in [0.1, 0.15) is 11.1 Å². The Bertz CT molecular complexity index is 1560. The number of nitrogens with one attached hydrogen (secondary N) is 3. The molecule has 0 atom stereocenters. The van der Waals surface area contributed by atoms with E-state index in [0.29, 0.717) is 32.5 Å². The van der Waals surface area contributed by atoms with Gasteiger partial charge in [-0.2, -0.15) is 5.10 Å². The summed E-state index contributed by atoms with van der Waals surface area (Å²) in [7, 11) is -3.80. The molecule has 0 spiro atoms. The lowest BCUT2D eigenvalue weighted by Gasteiger charge is -2.09. The number of halogens is 2. The van der Waals surface area contributed by atoms with Crippen LogP contribution < -0.4 is 4.72 Å². The minimum absolute atomic E-state index is 0.0916. The number of aromatic nitrogens is 5. The number of aromatic amines is 2. The number of thiophene rings is 1. The van der Waals surface area contributed by atoms with E-state index in [2.05, 4.69) is 29.9 Å². The molecule has 0 radical (unpaired) electrons. The van der Waals surface area contributed by atoms with E-state index < -0.39 is 15.8 Å². The Morgan fingerprint density at radius 3 is 2.76 bits per heavy atom. The lowest BCUT2D eigenvalue weighted by Crippen LogP contribution is -2.22. The zero-order valence-electron chi connectivity index (χ0n) is 17.1. The molecule has 5 rings (SSSR count). The van der Waals surface area contributed by atoms with Crippen molar-refractivity contribution in [3.63, 3.8) is 0 Å². The summed E-state index contributed by atoms with van der Waals surface area (Å²) >= 11 is 6.94. The number of fused-ring (bicyclic) bond motifs is 1. The number of H-pyrrole nitrogens is 2. The summed E-state index contributed by atoms with van der Waals surface area (Å²) in [6, 6.07) is 7.90. The predicted octanol–water partition coefficient (Wildman–Crippen LogP) is 4.66. The minimum Gasteiger partial charge on any atom is -0.336 e. The normalized spacial score (nSPS) is 12.0. The van der Waals surface area contributed by atoms with E-state index in [1.165, 1.54) is 12.1 Å². The largest absolute Gasteiger partial charge is 0.336 e. The highest BCUT2D eigenvalue weighted by Gasteiger charge is 2.19. The van der Waals surface area contributed by atoms with Crippen LogP contribution in [0.25, 0.3) is 33.7 Å². The number of imidazole rings is 1. The third kappa shape index (κ3) is 4.15. The van der Waals surface area contributed by atoms with Crippen molar-refractivity contribution < 1.29 is 12.8 Å². The van der Waals surface area contributed by atoms with E-state index in [1.807, 2.05) is 0 Å². The standard InChI is InChI=1S/C21H16ClFN6O2S2/c1-11-6-17(32-19(11)22)33(30,31)27-10-13-3-2-12(7-16(13)23)15-4-5-24-21-18(15)28-20(29-21)14-8-25-26-9-14/h2-9,27H,10H2,1H3,(H,25,26)(H,24,28,29). The molecule has 4 heterocycles. The summed E-state index contributed by atoms with van der Waals surface area (Å²) in [6.07, 6.45) is 4.95. The van der Waals surface area contributed by atoms with Crippen molar-refractivity contribution in [1.29, 1.82) is 0 Å². The molecule has 1 aromatic carbocycles. The molecule has 8 nitrogen and oxygen atoms in total. The third-order valence-corrected chi connectivity index (χ3v) is 8.51. The van der Waals surface area contributed by atoms with Crippen LogP contribution in [0, 0.1) is 12.7 Å². The van der Waals surface area contributed by atoms with Gasteiger partial charge in [0.2, 0.25) is 10.0 Å². The van der Waals surface area contributed by atoms with Gasteiger partial charge < -0.3 is 4.98 Å². The maximum atomic E-state index is 14.9. The summed E-state index contributed by atoms with van der Waals surface area (Å²) in [6.45, 7) is 1.54. The summed E-state index contributed by atoms with van der Waals surface area (Å²) in [5.41, 5.74) is 4.14. The number of pyridine rings is 1. The van der Waals surface area contributed by atoms with E-state index in [1.54, 1.807) is 43.7 Å². The number of hydrogen-bond donors (Lipinski definition) is 3. The molecule has 12 heteroatoms. The Balaban J connectivity index is 1.42. The highest BCUT2D eigenvalue weighted by atomic mass is 35.5. The Morgan fingerprint density at radius 1 is 1.21 bits per heavy atom. The molecule has 0 fully saturated rings. The topological polar surface area (TPSA) is 116 Å². The van der Waals surface area contributed by atoms with Crippen molar-refractivity contribution in [1.82, 2.24) is 29.9 Å². The second-order valence-corrected chi connectivity index (χ2v) is 10.9. The van der Waals surface area contributed by atoms with Gasteiger partial charge in [-0.1, -0.05) is 23.7 Å². The molecular weight excluding hydrogens is 487 g/mol. The number of hydrogen-bond acceptors (Lipinski definition) is 6. The molecule has 0 aliphatic carbocycles. The lowest BCUT2D eigenvalue weighted by atomic mass is 10.0. The van der Waals surface area contributed by atoms with Crippen molar-refractivity contribution >= 4 is 44.1 Å². The van der Waals surface area contributed by atoms with Crippen LogP contribution in [0.15, 0.2) is 53.1 Å². The quantitative estimate of drug-likeness (QED) is 0.312. The van der Waals surface area contributed by atoms with Gasteiger partial charge in [0, 0.05) is 30.1 Å². The average Bonchev–Trinajstić information content (AvgIpc) is 3.53. The van der Waals surface area contributed by atoms with Crippen molar-refractivity contribution in [2.24, 2.45) is 0 Å². The van der Waals surface area contributed by atoms with E-state index in [0.717, 1.165) is 22.5 Å². The van der Waals surface area contributed by atoms with Gasteiger partial charge in [0.25, 0.3) is 0 Å². The van der Waals surface area contributed by atoms with Crippen LogP contribution in [0.5, 0.6) is 0 Å². The van der Waals surface area contributed by atoms with Crippen molar-refractivity contribution in [3.8, 4) is 22.5 Å². The second-order valence-electron chi connectivity index (χ2n) is 7.28. The number of sulfonamides is 1. The molecule has 33 heavy (non-hydrogen) atoms. The van der Waals surface area contributed by atoms with Gasteiger partial charge in [-0.15, -0.1) is 11.3 Å². The predicted molar refractivity (Wildman–Crippen MR) is 125 cm³/mol. The Kier molecular flexibility index (Phi) is 5.49. The SMILES string of the molecule is Cc1cc(S(=O)(=O)NCc2ccc(-c3ccnc4nc(-c5cn[nH]c5)[nH]c34)cc2F)sc1Cl. The number of rotatable bonds is 6. The van der Waals surface area contributed by atoms with Gasteiger partial charge in [-0.25, -0.2) is 27.5 Å². The zero-order chi connectivity index (χ0) is 23.2. The molecule has 0 amide bonds. The van der Waals surface area contributed by atoms with Crippen molar-refractivity contribution in [2.75, 3.05) is 0 Å². The second kappa shape index (κ2) is 8.34. The summed E-state index contributed by atoms with van der Waals surface area (Å²) in [4.78, 5) is 12.0. The number of nitrogens with zero attached hydrogens (tertiary/aromatic N) is 3. The monoisotopic (exact) mass is 502 g/mol. The van der Waals surface area contributed by atoms with E-state index in [-0.39, 0.29) is 16.3 Å². The molecule has 0 saturated heterocycles. The average molecular weight is 503 g/mol. The smallest absolute Gasteiger partial charge is 0.250 e. The Morgan fingerprint density at radius 2 is 2.06 bits per heavy atom. The van der Waals surface area contributed by atoms with Gasteiger partial charge in [0.15, 0.2) is 5.65 Å². The fraction of sp³-hybridized carbons (Fsp3) is 0.0952. The number of benzene rings is 1. The maximum absolute atomic E-state index is 14.9. The summed E-state index contributed by atoms with van der Waals surface area (Å²) in [5.74, 6) is 0.0595. The molecule has 0 aliphatic rings. The maximum Gasteiger partial charge on any atom is 0.250 e. The van der Waals surface area contributed by atoms with Crippen LogP contribution in [-0.4, -0.2) is 33.6 Å². The van der Waals surface area contributed by atoms with Gasteiger partial charge in [0.1, 0.15) is 15.9 Å². The first kappa shape index (κ1) is 21.7. The van der Waals surface area contributed by atoms with Crippen LogP contribution in [0.2, 0.25) is 4.34 Å². The Labute approximate surface area is 196 Å². The van der Waals surface area contributed by atoms with E-state index >= 15 is 0 Å². The van der Waals surface area contributed by atoms with E-state index in [9.17, 15) is 12.8 Å². The van der Waals surface area contributed by atoms with Gasteiger partial charge in [-0.3, -0.25) is 5.10 Å².